The molecule has 182 valence electrons. The van der Waals surface area contributed by atoms with Gasteiger partial charge in [0.05, 0.1) is 37.4 Å². The Bertz CT molecular complexity index is 681. The van der Waals surface area contributed by atoms with Crippen LogP contribution in [0, 0.1) is 23.7 Å². The van der Waals surface area contributed by atoms with Crippen LogP contribution in [0.1, 0.15) is 65.5 Å². The third-order valence-corrected chi connectivity index (χ3v) is 4.85. The number of ether oxygens (including phenoxy) is 2. The zero-order valence-corrected chi connectivity index (χ0v) is 22.4. The van der Waals surface area contributed by atoms with Crippen molar-refractivity contribution in [3.05, 3.63) is 23.3 Å². The summed E-state index contributed by atoms with van der Waals surface area (Å²) in [4.78, 5) is 4.59. The fraction of sp³-hybridized carbons (Fsp3) is 0.615. The van der Waals surface area contributed by atoms with Crippen molar-refractivity contribution in [1.29, 1.82) is 0 Å². The van der Waals surface area contributed by atoms with Crippen molar-refractivity contribution < 1.29 is 9.47 Å². The number of hydrogen-bond donors (Lipinski definition) is 0. The molecule has 0 fully saturated rings. The fourth-order valence-electron chi connectivity index (χ4n) is 2.81. The molecule has 0 saturated carbocycles. The normalized spacial score (nSPS) is 9.75. The molecule has 32 heavy (non-hydrogen) atoms. The Morgan fingerprint density at radius 2 is 1.00 bits per heavy atom. The first-order valence-corrected chi connectivity index (χ1v) is 11.5. The SMILES string of the molecule is CCCOc1cc(OCCC)c(C#CCN(CC)CC)cc1C#CCN(CC)CC.Cl.Cl. The number of halogens is 2. The van der Waals surface area contributed by atoms with Gasteiger partial charge in [0.25, 0.3) is 0 Å². The molecule has 1 aromatic carbocycles. The molecule has 0 spiro atoms. The first kappa shape index (κ1) is 32.6. The molecule has 0 N–H and O–H groups in total. The van der Waals surface area contributed by atoms with E-state index in [9.17, 15) is 0 Å². The van der Waals surface area contributed by atoms with Crippen LogP contribution >= 0.6 is 24.8 Å². The number of rotatable bonds is 12. The third-order valence-electron chi connectivity index (χ3n) is 4.85. The molecule has 6 heteroatoms. The zero-order chi connectivity index (χ0) is 22.2. The van der Waals surface area contributed by atoms with Crippen LogP contribution in [0.15, 0.2) is 12.1 Å². The van der Waals surface area contributed by atoms with Crippen LogP contribution in [-0.2, 0) is 0 Å². The van der Waals surface area contributed by atoms with Crippen LogP contribution in [0.3, 0.4) is 0 Å². The van der Waals surface area contributed by atoms with Crippen molar-refractivity contribution in [3.63, 3.8) is 0 Å². The second-order valence-corrected chi connectivity index (χ2v) is 7.07. The minimum Gasteiger partial charge on any atom is -0.492 e. The van der Waals surface area contributed by atoms with Crippen LogP contribution in [0.4, 0.5) is 0 Å². The van der Waals surface area contributed by atoms with E-state index in [1.807, 2.05) is 12.1 Å². The van der Waals surface area contributed by atoms with E-state index in [4.69, 9.17) is 9.47 Å². The second-order valence-electron chi connectivity index (χ2n) is 7.07. The first-order chi connectivity index (χ1) is 14.6. The summed E-state index contributed by atoms with van der Waals surface area (Å²) >= 11 is 0. The molecule has 0 aliphatic heterocycles. The topological polar surface area (TPSA) is 24.9 Å². The molecule has 0 bridgehead atoms. The Morgan fingerprint density at radius 3 is 1.31 bits per heavy atom. The maximum Gasteiger partial charge on any atom is 0.138 e. The zero-order valence-electron chi connectivity index (χ0n) is 20.8. The highest BCUT2D eigenvalue weighted by atomic mass is 35.5. The molecular weight excluding hydrogens is 443 g/mol. The van der Waals surface area contributed by atoms with E-state index >= 15 is 0 Å². The van der Waals surface area contributed by atoms with Crippen molar-refractivity contribution in [2.45, 2.75) is 54.4 Å². The van der Waals surface area contributed by atoms with Crippen molar-refractivity contribution in [1.82, 2.24) is 9.80 Å². The van der Waals surface area contributed by atoms with Crippen LogP contribution in [0.5, 0.6) is 11.5 Å². The van der Waals surface area contributed by atoms with Crippen LogP contribution in [-0.4, -0.2) is 62.3 Å². The second kappa shape index (κ2) is 20.1. The Balaban J connectivity index is 0. The molecule has 0 saturated heterocycles. The quantitative estimate of drug-likeness (QED) is 0.366. The molecule has 0 aromatic heterocycles. The molecule has 1 aromatic rings. The van der Waals surface area contributed by atoms with Crippen molar-refractivity contribution in [2.24, 2.45) is 0 Å². The van der Waals surface area contributed by atoms with Crippen LogP contribution < -0.4 is 9.47 Å². The van der Waals surface area contributed by atoms with Gasteiger partial charge in [0.1, 0.15) is 11.5 Å². The highest BCUT2D eigenvalue weighted by Crippen LogP contribution is 2.29. The van der Waals surface area contributed by atoms with Crippen LogP contribution in [0.2, 0.25) is 0 Å². The average Bonchev–Trinajstić information content (AvgIpc) is 2.77. The summed E-state index contributed by atoms with van der Waals surface area (Å²) in [5.41, 5.74) is 1.76. The largest absolute Gasteiger partial charge is 0.492 e. The summed E-state index contributed by atoms with van der Waals surface area (Å²) < 4.78 is 12.0. The van der Waals surface area contributed by atoms with Gasteiger partial charge in [-0.2, -0.15) is 0 Å². The predicted octanol–water partition coefficient (Wildman–Crippen LogP) is 5.49. The lowest BCUT2D eigenvalue weighted by Gasteiger charge is -2.15. The molecule has 0 heterocycles. The third kappa shape index (κ3) is 11.9. The molecule has 0 atom stereocenters. The highest BCUT2D eigenvalue weighted by molar-refractivity contribution is 5.85. The number of hydrogen-bond acceptors (Lipinski definition) is 4. The van der Waals surface area contributed by atoms with Crippen molar-refractivity contribution >= 4 is 24.8 Å². The Hall–Kier alpha value is -1.56. The lowest BCUT2D eigenvalue weighted by molar-refractivity contribution is 0.300. The first-order valence-electron chi connectivity index (χ1n) is 11.5. The van der Waals surface area contributed by atoms with Gasteiger partial charge in [-0.05, 0) is 45.1 Å². The highest BCUT2D eigenvalue weighted by Gasteiger charge is 2.10. The van der Waals surface area contributed by atoms with Crippen molar-refractivity contribution in [2.75, 3.05) is 52.5 Å². The lowest BCUT2D eigenvalue weighted by atomic mass is 10.1. The van der Waals surface area contributed by atoms with Crippen molar-refractivity contribution in [3.8, 4) is 35.2 Å². The van der Waals surface area contributed by atoms with Gasteiger partial charge < -0.3 is 9.47 Å². The molecule has 0 aliphatic rings. The Labute approximate surface area is 209 Å². The summed E-state index contributed by atoms with van der Waals surface area (Å²) in [6, 6.07) is 3.99. The standard InChI is InChI=1S/C26H40N2O2.2ClH/c1-7-19-29-25-22-26(30-20-8-2)24(16-14-18-28(11-5)12-6)21-23(25)15-13-17-27(9-3)10-4;;/h21-22H,7-12,17-20H2,1-6H3;2*1H. The molecular formula is C26H42Cl2N2O2. The summed E-state index contributed by atoms with van der Waals surface area (Å²) in [7, 11) is 0. The Morgan fingerprint density at radius 1 is 0.625 bits per heavy atom. The summed E-state index contributed by atoms with van der Waals surface area (Å²) in [5, 5.41) is 0. The van der Waals surface area contributed by atoms with E-state index in [2.05, 4.69) is 75.0 Å². The van der Waals surface area contributed by atoms with Gasteiger partial charge in [-0.15, -0.1) is 24.8 Å². The van der Waals surface area contributed by atoms with Gasteiger partial charge >= 0.3 is 0 Å². The smallest absolute Gasteiger partial charge is 0.138 e. The van der Waals surface area contributed by atoms with E-state index in [0.717, 1.165) is 74.7 Å². The minimum absolute atomic E-state index is 0. The van der Waals surface area contributed by atoms with Gasteiger partial charge in [-0.25, -0.2) is 0 Å². The average molecular weight is 486 g/mol. The van der Waals surface area contributed by atoms with Crippen LogP contribution in [0.25, 0.3) is 0 Å². The van der Waals surface area contributed by atoms with E-state index in [0.29, 0.717) is 13.2 Å². The van der Waals surface area contributed by atoms with Gasteiger partial charge in [-0.3, -0.25) is 9.80 Å². The minimum atomic E-state index is 0. The molecule has 1 rings (SSSR count). The summed E-state index contributed by atoms with van der Waals surface area (Å²) in [6.45, 7) is 19.6. The summed E-state index contributed by atoms with van der Waals surface area (Å²) in [6.07, 6.45) is 1.89. The monoisotopic (exact) mass is 484 g/mol. The summed E-state index contributed by atoms with van der Waals surface area (Å²) in [5.74, 6) is 14.8. The molecule has 4 nitrogen and oxygen atoms in total. The van der Waals surface area contributed by atoms with E-state index in [1.165, 1.54) is 0 Å². The maximum atomic E-state index is 6.00. The fourth-order valence-corrected chi connectivity index (χ4v) is 2.81. The predicted molar refractivity (Wildman–Crippen MR) is 142 cm³/mol. The van der Waals surface area contributed by atoms with Gasteiger partial charge in [0.2, 0.25) is 0 Å². The number of benzene rings is 1. The van der Waals surface area contributed by atoms with Gasteiger partial charge in [0.15, 0.2) is 0 Å². The molecule has 0 unspecified atom stereocenters. The molecule has 0 aliphatic carbocycles. The van der Waals surface area contributed by atoms with Gasteiger partial charge in [0, 0.05) is 6.07 Å². The number of nitrogens with zero attached hydrogens (tertiary/aromatic N) is 2. The molecule has 0 amide bonds. The van der Waals surface area contributed by atoms with E-state index in [-0.39, 0.29) is 24.8 Å². The maximum absolute atomic E-state index is 6.00. The van der Waals surface area contributed by atoms with E-state index in [1.54, 1.807) is 0 Å². The molecule has 0 radical (unpaired) electrons. The lowest BCUT2D eigenvalue weighted by Crippen LogP contribution is -2.22. The van der Waals surface area contributed by atoms with Gasteiger partial charge in [-0.1, -0.05) is 65.2 Å². The van der Waals surface area contributed by atoms with E-state index < -0.39 is 0 Å². The Kier molecular flexibility index (Phi) is 20.5.